The summed E-state index contributed by atoms with van der Waals surface area (Å²) >= 11 is 0. The molecule has 0 aliphatic carbocycles. The van der Waals surface area contributed by atoms with Gasteiger partial charge in [-0.05, 0) is 20.8 Å². The minimum absolute atomic E-state index is 0.168. The van der Waals surface area contributed by atoms with E-state index in [4.69, 9.17) is 9.84 Å². The molecule has 0 saturated carbocycles. The highest BCUT2D eigenvalue weighted by molar-refractivity contribution is 5.26. The molecule has 17 heavy (non-hydrogen) atoms. The molecular formula is C13H22N2O2. The molecule has 0 radical (unpaired) electrons. The van der Waals surface area contributed by atoms with E-state index in [-0.39, 0.29) is 6.61 Å². The van der Waals surface area contributed by atoms with Crippen molar-refractivity contribution in [2.24, 2.45) is 0 Å². The van der Waals surface area contributed by atoms with Crippen molar-refractivity contribution in [3.05, 3.63) is 23.5 Å². The lowest BCUT2D eigenvalue weighted by Gasteiger charge is -2.25. The Bertz CT molecular complexity index is 353. The van der Waals surface area contributed by atoms with E-state index >= 15 is 0 Å². The van der Waals surface area contributed by atoms with Crippen LogP contribution in [0.5, 0.6) is 5.75 Å². The number of aryl methyl sites for hydroxylation is 1. The van der Waals surface area contributed by atoms with Crippen LogP contribution in [0.4, 0.5) is 0 Å². The average Bonchev–Trinajstić information content (AvgIpc) is 2.27. The third kappa shape index (κ3) is 4.32. The standard InChI is InChI=1S/C13H22N2O2/c1-10(2)15(5-6-16)9-12-8-13(17-4)7-11(3)14-12/h7-8,10,16H,5-6,9H2,1-4H3. The second-order valence-electron chi connectivity index (χ2n) is 4.43. The number of aliphatic hydroxyl groups is 1. The molecule has 1 aromatic rings. The number of aromatic nitrogens is 1. The largest absolute Gasteiger partial charge is 0.497 e. The molecule has 0 aliphatic rings. The van der Waals surface area contributed by atoms with Gasteiger partial charge in [-0.15, -0.1) is 0 Å². The Morgan fingerprint density at radius 1 is 1.41 bits per heavy atom. The van der Waals surface area contributed by atoms with E-state index in [2.05, 4.69) is 23.7 Å². The highest BCUT2D eigenvalue weighted by atomic mass is 16.5. The topological polar surface area (TPSA) is 45.6 Å². The van der Waals surface area contributed by atoms with Crippen LogP contribution in [0.25, 0.3) is 0 Å². The van der Waals surface area contributed by atoms with E-state index in [0.717, 1.165) is 23.7 Å². The fourth-order valence-electron chi connectivity index (χ4n) is 1.76. The van der Waals surface area contributed by atoms with E-state index in [1.54, 1.807) is 7.11 Å². The Morgan fingerprint density at radius 2 is 2.12 bits per heavy atom. The number of hydrogen-bond acceptors (Lipinski definition) is 4. The fraction of sp³-hybridized carbons (Fsp3) is 0.615. The van der Waals surface area contributed by atoms with E-state index in [1.807, 2.05) is 19.1 Å². The molecule has 1 N–H and O–H groups in total. The molecule has 0 amide bonds. The zero-order valence-electron chi connectivity index (χ0n) is 11.1. The molecule has 0 unspecified atom stereocenters. The summed E-state index contributed by atoms with van der Waals surface area (Å²) in [6.45, 7) is 7.75. The lowest BCUT2D eigenvalue weighted by atomic mass is 10.2. The summed E-state index contributed by atoms with van der Waals surface area (Å²) in [7, 11) is 1.66. The van der Waals surface area contributed by atoms with Gasteiger partial charge in [0.2, 0.25) is 0 Å². The molecular weight excluding hydrogens is 216 g/mol. The summed E-state index contributed by atoms with van der Waals surface area (Å²) < 4.78 is 5.23. The number of aliphatic hydroxyl groups excluding tert-OH is 1. The van der Waals surface area contributed by atoms with Gasteiger partial charge in [0, 0.05) is 37.0 Å². The number of methoxy groups -OCH3 is 1. The third-order valence-corrected chi connectivity index (χ3v) is 2.70. The molecule has 0 aliphatic heterocycles. The number of rotatable bonds is 6. The van der Waals surface area contributed by atoms with Gasteiger partial charge in [0.25, 0.3) is 0 Å². The Hall–Kier alpha value is -1.13. The van der Waals surface area contributed by atoms with Gasteiger partial charge in [0.15, 0.2) is 0 Å². The molecule has 1 aromatic heterocycles. The Balaban J connectivity index is 2.81. The van der Waals surface area contributed by atoms with Crippen LogP contribution in [0.1, 0.15) is 25.2 Å². The minimum atomic E-state index is 0.168. The summed E-state index contributed by atoms with van der Waals surface area (Å²) in [5, 5.41) is 9.03. The number of pyridine rings is 1. The summed E-state index contributed by atoms with van der Waals surface area (Å²) in [6, 6.07) is 4.24. The predicted molar refractivity (Wildman–Crippen MR) is 68.2 cm³/mol. The van der Waals surface area contributed by atoms with Crippen molar-refractivity contribution in [1.29, 1.82) is 0 Å². The summed E-state index contributed by atoms with van der Waals surface area (Å²) in [4.78, 5) is 6.66. The smallest absolute Gasteiger partial charge is 0.122 e. The van der Waals surface area contributed by atoms with Gasteiger partial charge in [0.05, 0.1) is 19.4 Å². The Morgan fingerprint density at radius 3 is 2.65 bits per heavy atom. The van der Waals surface area contributed by atoms with Crippen LogP contribution in [0.15, 0.2) is 12.1 Å². The zero-order chi connectivity index (χ0) is 12.8. The van der Waals surface area contributed by atoms with Gasteiger partial charge in [-0.3, -0.25) is 9.88 Å². The third-order valence-electron chi connectivity index (χ3n) is 2.70. The molecule has 0 aromatic carbocycles. The molecule has 0 fully saturated rings. The van der Waals surface area contributed by atoms with E-state index in [1.165, 1.54) is 0 Å². The van der Waals surface area contributed by atoms with Gasteiger partial charge < -0.3 is 9.84 Å². The van der Waals surface area contributed by atoms with Crippen LogP contribution >= 0.6 is 0 Å². The minimum Gasteiger partial charge on any atom is -0.497 e. The fourth-order valence-corrected chi connectivity index (χ4v) is 1.76. The van der Waals surface area contributed by atoms with Crippen molar-refractivity contribution in [3.8, 4) is 5.75 Å². The van der Waals surface area contributed by atoms with Crippen molar-refractivity contribution in [3.63, 3.8) is 0 Å². The molecule has 96 valence electrons. The van der Waals surface area contributed by atoms with E-state index in [9.17, 15) is 0 Å². The molecule has 4 heteroatoms. The maximum absolute atomic E-state index is 9.03. The van der Waals surface area contributed by atoms with Crippen LogP contribution in [-0.2, 0) is 6.54 Å². The second kappa shape index (κ2) is 6.57. The molecule has 0 saturated heterocycles. The summed E-state index contributed by atoms with van der Waals surface area (Å²) in [6.07, 6.45) is 0. The Labute approximate surface area is 103 Å². The normalized spacial score (nSPS) is 11.2. The van der Waals surface area contributed by atoms with E-state index < -0.39 is 0 Å². The Kier molecular flexibility index (Phi) is 5.38. The SMILES string of the molecule is COc1cc(C)nc(CN(CCO)C(C)C)c1. The number of nitrogens with zero attached hydrogens (tertiary/aromatic N) is 2. The maximum atomic E-state index is 9.03. The number of ether oxygens (including phenoxy) is 1. The van der Waals surface area contributed by atoms with Crippen molar-refractivity contribution in [1.82, 2.24) is 9.88 Å². The van der Waals surface area contributed by atoms with Crippen LogP contribution in [0.2, 0.25) is 0 Å². The van der Waals surface area contributed by atoms with Gasteiger partial charge in [0.1, 0.15) is 5.75 Å². The van der Waals surface area contributed by atoms with Crippen molar-refractivity contribution >= 4 is 0 Å². The highest BCUT2D eigenvalue weighted by Gasteiger charge is 2.11. The molecule has 4 nitrogen and oxygen atoms in total. The molecule has 0 bridgehead atoms. The van der Waals surface area contributed by atoms with Crippen LogP contribution < -0.4 is 4.74 Å². The molecule has 1 rings (SSSR count). The van der Waals surface area contributed by atoms with Gasteiger partial charge in [-0.2, -0.15) is 0 Å². The summed E-state index contributed by atoms with van der Waals surface area (Å²) in [5.41, 5.74) is 1.93. The van der Waals surface area contributed by atoms with Crippen molar-refractivity contribution in [2.75, 3.05) is 20.3 Å². The van der Waals surface area contributed by atoms with Crippen LogP contribution in [0.3, 0.4) is 0 Å². The predicted octanol–water partition coefficient (Wildman–Crippen LogP) is 1.60. The van der Waals surface area contributed by atoms with Crippen LogP contribution in [0, 0.1) is 6.92 Å². The monoisotopic (exact) mass is 238 g/mol. The first kappa shape index (κ1) is 13.9. The molecule has 1 heterocycles. The first-order valence-corrected chi connectivity index (χ1v) is 5.93. The first-order valence-electron chi connectivity index (χ1n) is 5.93. The second-order valence-corrected chi connectivity index (χ2v) is 4.43. The molecule has 0 atom stereocenters. The lowest BCUT2D eigenvalue weighted by Crippen LogP contribution is -2.33. The average molecular weight is 238 g/mol. The highest BCUT2D eigenvalue weighted by Crippen LogP contribution is 2.15. The molecule has 0 spiro atoms. The first-order chi connectivity index (χ1) is 8.06. The van der Waals surface area contributed by atoms with Gasteiger partial charge in [-0.25, -0.2) is 0 Å². The van der Waals surface area contributed by atoms with E-state index in [0.29, 0.717) is 12.6 Å². The zero-order valence-corrected chi connectivity index (χ0v) is 11.1. The van der Waals surface area contributed by atoms with Crippen LogP contribution in [-0.4, -0.2) is 41.3 Å². The quantitative estimate of drug-likeness (QED) is 0.817. The van der Waals surface area contributed by atoms with Crippen molar-refractivity contribution in [2.45, 2.75) is 33.4 Å². The maximum Gasteiger partial charge on any atom is 0.122 e. The summed E-state index contributed by atoms with van der Waals surface area (Å²) in [5.74, 6) is 0.834. The van der Waals surface area contributed by atoms with Gasteiger partial charge >= 0.3 is 0 Å². The van der Waals surface area contributed by atoms with Crippen molar-refractivity contribution < 1.29 is 9.84 Å². The lowest BCUT2D eigenvalue weighted by molar-refractivity contribution is 0.157. The van der Waals surface area contributed by atoms with Gasteiger partial charge in [-0.1, -0.05) is 0 Å². The number of hydrogen-bond donors (Lipinski definition) is 1.